The highest BCUT2D eigenvalue weighted by Gasteiger charge is 2.24. The molecule has 0 aliphatic heterocycles. The molecule has 35 heavy (non-hydrogen) atoms. The molecule has 1 aliphatic carbocycles. The molecule has 1 aromatic carbocycles. The van der Waals surface area contributed by atoms with E-state index in [1.165, 1.54) is 24.6 Å². The van der Waals surface area contributed by atoms with Gasteiger partial charge in [0.25, 0.3) is 0 Å². The van der Waals surface area contributed by atoms with E-state index in [0.717, 1.165) is 25.7 Å². The van der Waals surface area contributed by atoms with Crippen molar-refractivity contribution in [2.45, 2.75) is 81.9 Å². The number of urea groups is 1. The van der Waals surface area contributed by atoms with E-state index in [1.807, 2.05) is 13.8 Å². The number of hydrogen-bond donors (Lipinski definition) is 5. The lowest BCUT2D eigenvalue weighted by atomic mass is 9.96. The van der Waals surface area contributed by atoms with Crippen LogP contribution in [0, 0.1) is 5.92 Å². The number of rotatable bonds is 12. The normalized spacial score (nSPS) is 16.5. The summed E-state index contributed by atoms with van der Waals surface area (Å²) in [4.78, 5) is 25.0. The average molecular weight is 552 g/mol. The quantitative estimate of drug-likeness (QED) is 0.272. The van der Waals surface area contributed by atoms with Gasteiger partial charge in [-0.05, 0) is 49.8 Å². The molecule has 1 aliphatic rings. The Morgan fingerprint density at radius 2 is 1.83 bits per heavy atom. The summed E-state index contributed by atoms with van der Waals surface area (Å²) in [5.41, 5.74) is 0. The lowest BCUT2D eigenvalue weighted by Gasteiger charge is -2.25. The van der Waals surface area contributed by atoms with Crippen molar-refractivity contribution < 1.29 is 23.1 Å². The summed E-state index contributed by atoms with van der Waals surface area (Å²) in [6.45, 7) is 3.77. The van der Waals surface area contributed by atoms with E-state index < -0.39 is 28.1 Å². The Morgan fingerprint density at radius 3 is 2.46 bits per heavy atom. The van der Waals surface area contributed by atoms with Crippen LogP contribution in [0.2, 0.25) is 10.0 Å². The van der Waals surface area contributed by atoms with Crippen LogP contribution < -0.4 is 20.7 Å². The van der Waals surface area contributed by atoms with Crippen molar-refractivity contribution in [1.29, 1.82) is 0 Å². The van der Waals surface area contributed by atoms with Gasteiger partial charge in [0, 0.05) is 24.2 Å². The first-order valence-corrected chi connectivity index (χ1v) is 14.2. The summed E-state index contributed by atoms with van der Waals surface area (Å²) in [5.74, 6) is -0.232. The Kier molecular flexibility index (Phi) is 12.0. The molecule has 0 heterocycles. The van der Waals surface area contributed by atoms with Crippen molar-refractivity contribution in [1.82, 2.24) is 20.7 Å². The third-order valence-electron chi connectivity index (χ3n) is 5.73. The van der Waals surface area contributed by atoms with Crippen LogP contribution in [0.25, 0.3) is 0 Å². The maximum Gasteiger partial charge on any atom is 0.315 e. The predicted molar refractivity (Wildman–Crippen MR) is 137 cm³/mol. The molecule has 0 unspecified atom stereocenters. The zero-order valence-electron chi connectivity index (χ0n) is 20.1. The molecule has 1 aromatic rings. The Balaban J connectivity index is 1.80. The molecular formula is C23H36Cl2N4O5S. The lowest BCUT2D eigenvalue weighted by Crippen LogP contribution is -2.53. The summed E-state index contributed by atoms with van der Waals surface area (Å²) < 4.78 is 27.2. The Hall–Kier alpha value is -1.59. The first-order valence-electron chi connectivity index (χ1n) is 12.0. The maximum absolute atomic E-state index is 12.7. The molecule has 9 nitrogen and oxygen atoms in total. The van der Waals surface area contributed by atoms with Gasteiger partial charge in [-0.3, -0.25) is 4.79 Å². The number of benzene rings is 1. The molecule has 1 fully saturated rings. The monoisotopic (exact) mass is 550 g/mol. The highest BCUT2D eigenvalue weighted by Crippen LogP contribution is 2.24. The van der Waals surface area contributed by atoms with Gasteiger partial charge < -0.3 is 21.1 Å². The van der Waals surface area contributed by atoms with Crippen LogP contribution >= 0.6 is 23.2 Å². The molecule has 3 amide bonds. The van der Waals surface area contributed by atoms with Crippen molar-refractivity contribution in [3.8, 4) is 0 Å². The fraction of sp³-hybridized carbons (Fsp3) is 0.652. The number of carbonyl (C=O) groups is 2. The Morgan fingerprint density at radius 1 is 1.14 bits per heavy atom. The van der Waals surface area contributed by atoms with Crippen molar-refractivity contribution in [3.05, 3.63) is 28.2 Å². The van der Waals surface area contributed by atoms with E-state index >= 15 is 0 Å². The molecule has 0 spiro atoms. The molecule has 5 N–H and O–H groups in total. The Labute approximate surface area is 217 Å². The number of nitrogens with one attached hydrogen (secondary N) is 4. The standard InChI is InChI=1S/C23H36Cl2N4O5S/c1-15(2)12-20(29-23(32)28-17-6-4-3-5-7-17)22(31)26-14-18(30)10-11-27-35(33,34)21-9-8-16(24)13-19(21)25/h8-9,13,15,17-18,20,27,30H,3-7,10-12,14H2,1-2H3,(H,26,31)(H2,28,29,32)/t18-,20-/m0/s1. The zero-order chi connectivity index (χ0) is 26.0. The minimum Gasteiger partial charge on any atom is -0.391 e. The summed E-state index contributed by atoms with van der Waals surface area (Å²) in [6.07, 6.45) is 4.75. The van der Waals surface area contributed by atoms with Crippen molar-refractivity contribution in [2.75, 3.05) is 13.1 Å². The van der Waals surface area contributed by atoms with E-state index in [2.05, 4.69) is 20.7 Å². The van der Waals surface area contributed by atoms with Gasteiger partial charge in [-0.25, -0.2) is 17.9 Å². The first kappa shape index (κ1) is 29.6. The molecule has 0 radical (unpaired) electrons. The van der Waals surface area contributed by atoms with Crippen molar-refractivity contribution >= 4 is 45.2 Å². The van der Waals surface area contributed by atoms with E-state index in [1.54, 1.807) is 0 Å². The smallest absolute Gasteiger partial charge is 0.315 e. The number of carbonyl (C=O) groups excluding carboxylic acids is 2. The molecule has 0 bridgehead atoms. The second kappa shape index (κ2) is 14.2. The molecule has 2 atom stereocenters. The SMILES string of the molecule is CC(C)C[C@H](NC(=O)NC1CCCCC1)C(=O)NC[C@@H](O)CCNS(=O)(=O)c1ccc(Cl)cc1Cl. The highest BCUT2D eigenvalue weighted by molar-refractivity contribution is 7.89. The fourth-order valence-corrected chi connectivity index (χ4v) is 5.73. The van der Waals surface area contributed by atoms with Gasteiger partial charge in [0.1, 0.15) is 10.9 Å². The van der Waals surface area contributed by atoms with Gasteiger partial charge in [0.2, 0.25) is 15.9 Å². The van der Waals surface area contributed by atoms with E-state index in [-0.39, 0.29) is 47.4 Å². The summed E-state index contributed by atoms with van der Waals surface area (Å²) in [6, 6.07) is 3.07. The molecule has 2 rings (SSSR count). The Bertz CT molecular complexity index is 955. The lowest BCUT2D eigenvalue weighted by molar-refractivity contribution is -0.123. The minimum atomic E-state index is -3.88. The predicted octanol–water partition coefficient (Wildman–Crippen LogP) is 3.19. The van der Waals surface area contributed by atoms with Crippen LogP contribution in [0.4, 0.5) is 4.79 Å². The van der Waals surface area contributed by atoms with Crippen LogP contribution in [0.3, 0.4) is 0 Å². The van der Waals surface area contributed by atoms with Gasteiger partial charge in [-0.2, -0.15) is 0 Å². The average Bonchev–Trinajstić information content (AvgIpc) is 2.77. The molecule has 0 saturated heterocycles. The van der Waals surface area contributed by atoms with Gasteiger partial charge >= 0.3 is 6.03 Å². The van der Waals surface area contributed by atoms with Gasteiger partial charge in [0.05, 0.1) is 11.1 Å². The second-order valence-corrected chi connectivity index (χ2v) is 11.9. The van der Waals surface area contributed by atoms with Crippen LogP contribution in [0.5, 0.6) is 0 Å². The summed E-state index contributed by atoms with van der Waals surface area (Å²) >= 11 is 11.8. The van der Waals surface area contributed by atoms with E-state index in [9.17, 15) is 23.1 Å². The van der Waals surface area contributed by atoms with Gasteiger partial charge in [-0.15, -0.1) is 0 Å². The number of aliphatic hydroxyl groups excluding tert-OH is 1. The largest absolute Gasteiger partial charge is 0.391 e. The van der Waals surface area contributed by atoms with E-state index in [0.29, 0.717) is 11.4 Å². The first-order chi connectivity index (χ1) is 16.5. The third kappa shape index (κ3) is 10.5. The highest BCUT2D eigenvalue weighted by atomic mass is 35.5. The van der Waals surface area contributed by atoms with Gasteiger partial charge in [0.15, 0.2) is 0 Å². The molecule has 1 saturated carbocycles. The second-order valence-electron chi connectivity index (χ2n) is 9.30. The molecule has 12 heteroatoms. The topological polar surface area (TPSA) is 137 Å². The third-order valence-corrected chi connectivity index (χ3v) is 7.91. The molecule has 198 valence electrons. The zero-order valence-corrected chi connectivity index (χ0v) is 22.5. The van der Waals surface area contributed by atoms with Crippen LogP contribution in [-0.2, 0) is 14.8 Å². The fourth-order valence-electron chi connectivity index (χ4n) is 3.91. The summed E-state index contributed by atoms with van der Waals surface area (Å²) in [5, 5.41) is 18.9. The molecule has 0 aromatic heterocycles. The van der Waals surface area contributed by atoms with Crippen molar-refractivity contribution in [3.63, 3.8) is 0 Å². The van der Waals surface area contributed by atoms with Crippen LogP contribution in [0.1, 0.15) is 58.8 Å². The number of amides is 3. The van der Waals surface area contributed by atoms with Crippen LogP contribution in [0.15, 0.2) is 23.1 Å². The summed E-state index contributed by atoms with van der Waals surface area (Å²) in [7, 11) is -3.88. The van der Waals surface area contributed by atoms with E-state index in [4.69, 9.17) is 23.2 Å². The van der Waals surface area contributed by atoms with Crippen LogP contribution in [-0.4, -0.2) is 56.7 Å². The number of hydrogen-bond acceptors (Lipinski definition) is 5. The minimum absolute atomic E-state index is 0.00553. The van der Waals surface area contributed by atoms with Crippen molar-refractivity contribution in [2.24, 2.45) is 5.92 Å². The number of aliphatic hydroxyl groups is 1. The maximum atomic E-state index is 12.7. The number of halogens is 2. The molecular weight excluding hydrogens is 515 g/mol. The van der Waals surface area contributed by atoms with Gasteiger partial charge in [-0.1, -0.05) is 56.3 Å². The number of sulfonamides is 1.